The maximum absolute atomic E-state index is 5.78. The number of piperidine rings is 1. The lowest BCUT2D eigenvalue weighted by Gasteiger charge is -2.39. The highest BCUT2D eigenvalue weighted by Crippen LogP contribution is 2.21. The molecule has 1 unspecified atom stereocenters. The molecule has 1 atom stereocenters. The van der Waals surface area contributed by atoms with Gasteiger partial charge in [-0.2, -0.15) is 0 Å². The summed E-state index contributed by atoms with van der Waals surface area (Å²) < 4.78 is 5.78. The molecule has 0 saturated carbocycles. The normalized spacial score (nSPS) is 22.7. The first-order chi connectivity index (χ1) is 8.72. The summed E-state index contributed by atoms with van der Waals surface area (Å²) in [5.74, 6) is 0. The van der Waals surface area contributed by atoms with Crippen LogP contribution in [0.4, 0.5) is 0 Å². The molecule has 0 aromatic rings. The van der Waals surface area contributed by atoms with E-state index in [1.54, 1.807) is 0 Å². The van der Waals surface area contributed by atoms with Gasteiger partial charge >= 0.3 is 0 Å². The maximum Gasteiger partial charge on any atom is 0.0702 e. The highest BCUT2D eigenvalue weighted by molar-refractivity contribution is 4.83. The topological polar surface area (TPSA) is 24.5 Å². The van der Waals surface area contributed by atoms with Crippen LogP contribution < -0.4 is 5.32 Å². The van der Waals surface area contributed by atoms with Crippen LogP contribution in [0.1, 0.15) is 54.4 Å². The third kappa shape index (κ3) is 7.28. The molecule has 0 bridgehead atoms. The lowest BCUT2D eigenvalue weighted by molar-refractivity contribution is -0.00402. The molecule has 1 heterocycles. The summed E-state index contributed by atoms with van der Waals surface area (Å²) in [5.41, 5.74) is 0.508. The first-order valence-corrected chi connectivity index (χ1v) is 7.81. The molecule has 3 heteroatoms. The summed E-state index contributed by atoms with van der Waals surface area (Å²) in [6.07, 6.45) is 2.95. The van der Waals surface area contributed by atoms with Crippen LogP contribution in [-0.2, 0) is 4.74 Å². The van der Waals surface area contributed by atoms with Crippen LogP contribution in [0, 0.1) is 5.41 Å². The van der Waals surface area contributed by atoms with Crippen molar-refractivity contribution in [1.29, 1.82) is 0 Å². The molecule has 0 amide bonds. The Kier molecular flexibility index (Phi) is 6.28. The van der Waals surface area contributed by atoms with Gasteiger partial charge in [0.1, 0.15) is 0 Å². The molecule has 0 spiro atoms. The molecule has 0 aromatic carbocycles. The summed E-state index contributed by atoms with van der Waals surface area (Å²) >= 11 is 0. The van der Waals surface area contributed by atoms with Crippen molar-refractivity contribution in [2.24, 2.45) is 5.41 Å². The first-order valence-electron chi connectivity index (χ1n) is 7.81. The van der Waals surface area contributed by atoms with Crippen molar-refractivity contribution in [1.82, 2.24) is 10.2 Å². The number of rotatable bonds is 6. The first kappa shape index (κ1) is 16.9. The molecule has 1 aliphatic rings. The van der Waals surface area contributed by atoms with Crippen molar-refractivity contribution in [3.8, 4) is 0 Å². The van der Waals surface area contributed by atoms with Gasteiger partial charge in [0.25, 0.3) is 0 Å². The summed E-state index contributed by atoms with van der Waals surface area (Å²) in [7, 11) is 0. The van der Waals surface area contributed by atoms with Gasteiger partial charge in [0.2, 0.25) is 0 Å². The van der Waals surface area contributed by atoms with Crippen molar-refractivity contribution in [3.05, 3.63) is 0 Å². The summed E-state index contributed by atoms with van der Waals surface area (Å²) in [5, 5.41) is 3.63. The van der Waals surface area contributed by atoms with Gasteiger partial charge in [-0.25, -0.2) is 0 Å². The monoisotopic (exact) mass is 270 g/mol. The van der Waals surface area contributed by atoms with E-state index in [0.717, 1.165) is 26.2 Å². The molecule has 0 aliphatic carbocycles. The third-order valence-corrected chi connectivity index (χ3v) is 3.61. The maximum atomic E-state index is 5.78. The Hall–Kier alpha value is -0.120. The molecule has 19 heavy (non-hydrogen) atoms. The Morgan fingerprint density at radius 1 is 1.21 bits per heavy atom. The van der Waals surface area contributed by atoms with E-state index in [1.807, 2.05) is 0 Å². The van der Waals surface area contributed by atoms with Crippen molar-refractivity contribution >= 4 is 0 Å². The lowest BCUT2D eigenvalue weighted by atomic mass is 9.90. The van der Waals surface area contributed by atoms with Crippen LogP contribution in [0.5, 0.6) is 0 Å². The Morgan fingerprint density at radius 3 is 2.47 bits per heavy atom. The second kappa shape index (κ2) is 7.05. The second-order valence-corrected chi connectivity index (χ2v) is 7.72. The van der Waals surface area contributed by atoms with Crippen molar-refractivity contribution in [2.45, 2.75) is 66.0 Å². The number of hydrogen-bond donors (Lipinski definition) is 1. The zero-order valence-electron chi connectivity index (χ0n) is 13.9. The zero-order chi connectivity index (χ0) is 14.5. The Morgan fingerprint density at radius 2 is 1.89 bits per heavy atom. The molecule has 1 aliphatic heterocycles. The summed E-state index contributed by atoms with van der Waals surface area (Å²) in [4.78, 5) is 2.58. The van der Waals surface area contributed by atoms with Gasteiger partial charge in [0, 0.05) is 31.8 Å². The highest BCUT2D eigenvalue weighted by Gasteiger charge is 2.27. The van der Waals surface area contributed by atoms with E-state index < -0.39 is 0 Å². The Balaban J connectivity index is 2.39. The Labute approximate surface area is 120 Å². The van der Waals surface area contributed by atoms with Crippen LogP contribution in [0.3, 0.4) is 0 Å². The van der Waals surface area contributed by atoms with E-state index in [4.69, 9.17) is 4.74 Å². The molecular weight excluding hydrogens is 236 g/mol. The van der Waals surface area contributed by atoms with E-state index >= 15 is 0 Å². The van der Waals surface area contributed by atoms with Crippen molar-refractivity contribution < 1.29 is 4.74 Å². The summed E-state index contributed by atoms with van der Waals surface area (Å²) in [6.45, 7) is 18.9. The molecule has 3 nitrogen and oxygen atoms in total. The number of likely N-dealkylation sites (tertiary alicyclic amines) is 1. The van der Waals surface area contributed by atoms with E-state index in [1.165, 1.54) is 19.4 Å². The van der Waals surface area contributed by atoms with Crippen LogP contribution in [-0.4, -0.2) is 49.3 Å². The van der Waals surface area contributed by atoms with Gasteiger partial charge in [0.15, 0.2) is 0 Å². The number of nitrogens with one attached hydrogen (secondary N) is 1. The van der Waals surface area contributed by atoms with Gasteiger partial charge in [-0.3, -0.25) is 0 Å². The van der Waals surface area contributed by atoms with Crippen LogP contribution in [0.2, 0.25) is 0 Å². The predicted molar refractivity (Wildman–Crippen MR) is 82.6 cm³/mol. The van der Waals surface area contributed by atoms with Gasteiger partial charge in [-0.15, -0.1) is 0 Å². The highest BCUT2D eigenvalue weighted by atomic mass is 16.5. The third-order valence-electron chi connectivity index (χ3n) is 3.61. The van der Waals surface area contributed by atoms with E-state index in [-0.39, 0.29) is 5.54 Å². The molecule has 0 radical (unpaired) electrons. The van der Waals surface area contributed by atoms with Gasteiger partial charge in [-0.1, -0.05) is 13.8 Å². The molecular formula is C16H34N2O. The smallest absolute Gasteiger partial charge is 0.0702 e. The Bertz CT molecular complexity index is 256. The van der Waals surface area contributed by atoms with Gasteiger partial charge < -0.3 is 15.0 Å². The van der Waals surface area contributed by atoms with Gasteiger partial charge in [-0.05, 0) is 52.5 Å². The zero-order valence-corrected chi connectivity index (χ0v) is 13.9. The molecule has 0 aromatic heterocycles. The minimum atomic E-state index is 0.201. The molecule has 1 N–H and O–H groups in total. The van der Waals surface area contributed by atoms with Crippen molar-refractivity contribution in [2.75, 3.05) is 32.8 Å². The minimum absolute atomic E-state index is 0.201. The second-order valence-electron chi connectivity index (χ2n) is 7.72. The largest absolute Gasteiger partial charge is 0.377 e. The SMILES string of the molecule is CCOC1CCCN(CC(C)(C)CNC(C)(C)C)C1. The van der Waals surface area contributed by atoms with Crippen molar-refractivity contribution in [3.63, 3.8) is 0 Å². The fraction of sp³-hybridized carbons (Fsp3) is 1.00. The van der Waals surface area contributed by atoms with E-state index in [0.29, 0.717) is 11.5 Å². The number of nitrogens with zero attached hydrogens (tertiary/aromatic N) is 1. The summed E-state index contributed by atoms with van der Waals surface area (Å²) in [6, 6.07) is 0. The average Bonchev–Trinajstić information content (AvgIpc) is 2.26. The standard InChI is InChI=1S/C16H34N2O/c1-7-19-14-9-8-10-18(11-14)13-16(5,6)12-17-15(2,3)4/h14,17H,7-13H2,1-6H3. The van der Waals surface area contributed by atoms with E-state index in [2.05, 4.69) is 51.8 Å². The van der Waals surface area contributed by atoms with Crippen LogP contribution in [0.15, 0.2) is 0 Å². The predicted octanol–water partition coefficient (Wildman–Crippen LogP) is 2.90. The average molecular weight is 270 g/mol. The minimum Gasteiger partial charge on any atom is -0.377 e. The van der Waals surface area contributed by atoms with Crippen LogP contribution in [0.25, 0.3) is 0 Å². The number of hydrogen-bond acceptors (Lipinski definition) is 3. The molecule has 114 valence electrons. The fourth-order valence-electron chi connectivity index (χ4n) is 2.69. The lowest BCUT2D eigenvalue weighted by Crippen LogP contribution is -2.49. The quantitative estimate of drug-likeness (QED) is 0.803. The van der Waals surface area contributed by atoms with Crippen LogP contribution >= 0.6 is 0 Å². The molecule has 1 fully saturated rings. The molecule has 1 rings (SSSR count). The number of ether oxygens (including phenoxy) is 1. The molecule has 1 saturated heterocycles. The fourth-order valence-corrected chi connectivity index (χ4v) is 2.69. The van der Waals surface area contributed by atoms with E-state index in [9.17, 15) is 0 Å². The van der Waals surface area contributed by atoms with Gasteiger partial charge in [0.05, 0.1) is 6.10 Å².